The molecule has 0 bridgehead atoms. The quantitative estimate of drug-likeness (QED) is 0.680. The Balaban J connectivity index is 1.98. The van der Waals surface area contributed by atoms with Crippen molar-refractivity contribution in [3.63, 3.8) is 0 Å². The van der Waals surface area contributed by atoms with Crippen LogP contribution in [0.2, 0.25) is 0 Å². The van der Waals surface area contributed by atoms with E-state index < -0.39 is 0 Å². The summed E-state index contributed by atoms with van der Waals surface area (Å²) >= 11 is 3.56. The first-order valence-electron chi connectivity index (χ1n) is 6.75. The van der Waals surface area contributed by atoms with Crippen LogP contribution in [0.15, 0.2) is 30.3 Å². The van der Waals surface area contributed by atoms with E-state index in [4.69, 9.17) is 4.74 Å². The number of alkyl halides is 1. The molecule has 0 radical (unpaired) electrons. The standard InChI is InChI=1S/C15H18BrNO3/c1-10(18)17-12-8-5-9-13(14(12)16)20-15(19)11-6-3-2-4-7-11/h2-4,6-7,12-14H,5,8-9H2,1H3,(H,17,18)/t12-,13-,14+/m0/s1. The number of esters is 1. The Kier molecular flexibility index (Phi) is 5.17. The van der Waals surface area contributed by atoms with E-state index in [1.54, 1.807) is 12.1 Å². The molecular weight excluding hydrogens is 322 g/mol. The lowest BCUT2D eigenvalue weighted by Crippen LogP contribution is -2.48. The second kappa shape index (κ2) is 6.88. The van der Waals surface area contributed by atoms with E-state index in [-0.39, 0.29) is 28.8 Å². The lowest BCUT2D eigenvalue weighted by atomic mass is 9.92. The van der Waals surface area contributed by atoms with Crippen LogP contribution in [-0.4, -0.2) is 28.8 Å². The molecule has 0 aliphatic heterocycles. The average molecular weight is 340 g/mol. The maximum atomic E-state index is 12.1. The van der Waals surface area contributed by atoms with Crippen LogP contribution in [0.1, 0.15) is 36.5 Å². The van der Waals surface area contributed by atoms with Crippen molar-refractivity contribution in [3.05, 3.63) is 35.9 Å². The summed E-state index contributed by atoms with van der Waals surface area (Å²) in [5.41, 5.74) is 0.550. The summed E-state index contributed by atoms with van der Waals surface area (Å²) in [5, 5.41) is 2.90. The summed E-state index contributed by atoms with van der Waals surface area (Å²) in [6.07, 6.45) is 2.42. The summed E-state index contributed by atoms with van der Waals surface area (Å²) in [6, 6.07) is 8.96. The summed E-state index contributed by atoms with van der Waals surface area (Å²) in [4.78, 5) is 23.2. The number of hydrogen-bond acceptors (Lipinski definition) is 3. The van der Waals surface area contributed by atoms with Gasteiger partial charge in [-0.2, -0.15) is 0 Å². The number of amides is 1. The molecular formula is C15H18BrNO3. The fourth-order valence-electron chi connectivity index (χ4n) is 2.43. The van der Waals surface area contributed by atoms with E-state index in [0.717, 1.165) is 19.3 Å². The molecule has 3 atom stereocenters. The average Bonchev–Trinajstić information content (AvgIpc) is 2.43. The van der Waals surface area contributed by atoms with Crippen LogP contribution >= 0.6 is 15.9 Å². The third-order valence-electron chi connectivity index (χ3n) is 3.40. The molecule has 1 aromatic rings. The van der Waals surface area contributed by atoms with E-state index in [2.05, 4.69) is 21.2 Å². The van der Waals surface area contributed by atoms with Crippen molar-refractivity contribution in [2.75, 3.05) is 0 Å². The van der Waals surface area contributed by atoms with Gasteiger partial charge in [-0.15, -0.1) is 0 Å². The minimum atomic E-state index is -0.316. The number of benzene rings is 1. The van der Waals surface area contributed by atoms with E-state index in [0.29, 0.717) is 5.56 Å². The molecule has 0 unspecified atom stereocenters. The van der Waals surface area contributed by atoms with Gasteiger partial charge in [0.2, 0.25) is 5.91 Å². The Hall–Kier alpha value is -1.36. The number of nitrogens with one attached hydrogen (secondary N) is 1. The minimum absolute atomic E-state index is 0.00910. The molecule has 20 heavy (non-hydrogen) atoms. The van der Waals surface area contributed by atoms with Crippen LogP contribution in [0.25, 0.3) is 0 Å². The van der Waals surface area contributed by atoms with Gasteiger partial charge in [0.25, 0.3) is 0 Å². The van der Waals surface area contributed by atoms with Gasteiger partial charge in [-0.1, -0.05) is 34.1 Å². The molecule has 5 heteroatoms. The molecule has 0 saturated heterocycles. The second-order valence-corrected chi connectivity index (χ2v) is 6.05. The third-order valence-corrected chi connectivity index (χ3v) is 4.63. The van der Waals surface area contributed by atoms with Gasteiger partial charge in [0, 0.05) is 13.0 Å². The topological polar surface area (TPSA) is 55.4 Å². The van der Waals surface area contributed by atoms with Gasteiger partial charge in [-0.3, -0.25) is 4.79 Å². The van der Waals surface area contributed by atoms with Crippen LogP contribution in [0.3, 0.4) is 0 Å². The Labute approximate surface area is 127 Å². The fourth-order valence-corrected chi connectivity index (χ4v) is 3.20. The highest BCUT2D eigenvalue weighted by Gasteiger charge is 2.34. The van der Waals surface area contributed by atoms with E-state index in [1.807, 2.05) is 18.2 Å². The van der Waals surface area contributed by atoms with E-state index in [9.17, 15) is 9.59 Å². The van der Waals surface area contributed by atoms with Gasteiger partial charge in [0.05, 0.1) is 10.4 Å². The zero-order valence-electron chi connectivity index (χ0n) is 11.3. The van der Waals surface area contributed by atoms with Crippen molar-refractivity contribution in [2.45, 2.75) is 43.2 Å². The van der Waals surface area contributed by atoms with Crippen molar-refractivity contribution in [3.8, 4) is 0 Å². The highest BCUT2D eigenvalue weighted by atomic mass is 79.9. The number of hydrogen-bond donors (Lipinski definition) is 1. The largest absolute Gasteiger partial charge is 0.458 e. The molecule has 1 fully saturated rings. The van der Waals surface area contributed by atoms with E-state index >= 15 is 0 Å². The van der Waals surface area contributed by atoms with Crippen LogP contribution in [0.4, 0.5) is 0 Å². The molecule has 0 spiro atoms. The first kappa shape index (κ1) is 15.0. The highest BCUT2D eigenvalue weighted by Crippen LogP contribution is 2.28. The molecule has 1 aliphatic carbocycles. The van der Waals surface area contributed by atoms with Gasteiger partial charge >= 0.3 is 5.97 Å². The van der Waals surface area contributed by atoms with Crippen LogP contribution in [-0.2, 0) is 9.53 Å². The monoisotopic (exact) mass is 339 g/mol. The first-order valence-corrected chi connectivity index (χ1v) is 7.66. The maximum absolute atomic E-state index is 12.1. The Morgan fingerprint density at radius 1 is 1.25 bits per heavy atom. The fraction of sp³-hybridized carbons (Fsp3) is 0.467. The Bertz CT molecular complexity index is 477. The molecule has 2 rings (SSSR count). The molecule has 108 valence electrons. The van der Waals surface area contributed by atoms with Gasteiger partial charge < -0.3 is 10.1 Å². The maximum Gasteiger partial charge on any atom is 0.338 e. The first-order chi connectivity index (χ1) is 9.58. The molecule has 0 heterocycles. The number of carbonyl (C=O) groups excluding carboxylic acids is 2. The molecule has 1 saturated carbocycles. The zero-order valence-corrected chi connectivity index (χ0v) is 12.9. The van der Waals surface area contributed by atoms with E-state index in [1.165, 1.54) is 6.92 Å². The molecule has 0 aromatic heterocycles. The van der Waals surface area contributed by atoms with Gasteiger partial charge in [0.15, 0.2) is 0 Å². The molecule has 4 nitrogen and oxygen atoms in total. The van der Waals surface area contributed by atoms with Crippen molar-refractivity contribution in [1.29, 1.82) is 0 Å². The number of halogens is 1. The Morgan fingerprint density at radius 2 is 1.95 bits per heavy atom. The summed E-state index contributed by atoms with van der Waals surface area (Å²) in [5.74, 6) is -0.377. The second-order valence-electron chi connectivity index (χ2n) is 4.99. The summed E-state index contributed by atoms with van der Waals surface area (Å²) < 4.78 is 5.56. The molecule has 1 aliphatic rings. The van der Waals surface area contributed by atoms with Gasteiger partial charge in [0.1, 0.15) is 6.10 Å². The predicted octanol–water partition coefficient (Wildman–Crippen LogP) is 2.66. The van der Waals surface area contributed by atoms with Crippen LogP contribution in [0, 0.1) is 0 Å². The van der Waals surface area contributed by atoms with Crippen LogP contribution in [0.5, 0.6) is 0 Å². The van der Waals surface area contributed by atoms with Crippen molar-refractivity contribution in [2.24, 2.45) is 0 Å². The summed E-state index contributed by atoms with van der Waals surface area (Å²) in [7, 11) is 0. The smallest absolute Gasteiger partial charge is 0.338 e. The number of carbonyl (C=O) groups is 2. The lowest BCUT2D eigenvalue weighted by Gasteiger charge is -2.34. The van der Waals surface area contributed by atoms with Crippen molar-refractivity contribution >= 4 is 27.8 Å². The molecule has 1 N–H and O–H groups in total. The highest BCUT2D eigenvalue weighted by molar-refractivity contribution is 9.09. The van der Waals surface area contributed by atoms with Crippen LogP contribution < -0.4 is 5.32 Å². The zero-order chi connectivity index (χ0) is 14.5. The normalized spacial score (nSPS) is 25.8. The molecule has 1 aromatic carbocycles. The Morgan fingerprint density at radius 3 is 2.60 bits per heavy atom. The third kappa shape index (κ3) is 3.82. The lowest BCUT2D eigenvalue weighted by molar-refractivity contribution is -0.120. The summed E-state index contributed by atoms with van der Waals surface area (Å²) in [6.45, 7) is 1.50. The predicted molar refractivity (Wildman–Crippen MR) is 79.8 cm³/mol. The van der Waals surface area contributed by atoms with Gasteiger partial charge in [-0.25, -0.2) is 4.79 Å². The van der Waals surface area contributed by atoms with Crippen molar-refractivity contribution < 1.29 is 14.3 Å². The number of ether oxygens (including phenoxy) is 1. The van der Waals surface area contributed by atoms with Gasteiger partial charge in [-0.05, 0) is 31.4 Å². The SMILES string of the molecule is CC(=O)N[C@H]1CCC[C@H](OC(=O)c2ccccc2)[C@@H]1Br. The number of rotatable bonds is 3. The van der Waals surface area contributed by atoms with Crippen molar-refractivity contribution in [1.82, 2.24) is 5.32 Å². The molecule has 1 amide bonds. The minimum Gasteiger partial charge on any atom is -0.458 e.